The molecule has 0 fully saturated rings. The van der Waals surface area contributed by atoms with Gasteiger partial charge < -0.3 is 14.2 Å². The summed E-state index contributed by atoms with van der Waals surface area (Å²) in [5, 5.41) is 2.05. The minimum Gasteiger partial charge on any atom is -0.497 e. The Morgan fingerprint density at radius 1 is 0.955 bits per heavy atom. The number of rotatable bonds is 7. The van der Waals surface area contributed by atoms with Crippen LogP contribution in [0.1, 0.15) is 5.56 Å². The summed E-state index contributed by atoms with van der Waals surface area (Å²) in [6, 6.07) is 11.4. The van der Waals surface area contributed by atoms with Gasteiger partial charge in [0.1, 0.15) is 12.4 Å². The Bertz CT molecular complexity index is 678. The van der Waals surface area contributed by atoms with Gasteiger partial charge in [-0.3, -0.25) is 9.59 Å². The largest absolute Gasteiger partial charge is 0.497 e. The highest BCUT2D eigenvalue weighted by atomic mass is 16.5. The van der Waals surface area contributed by atoms with Crippen LogP contribution in [0.2, 0.25) is 0 Å². The highest BCUT2D eigenvalue weighted by Gasteiger charge is 2.09. The first-order chi connectivity index (χ1) is 10.6. The zero-order valence-electron chi connectivity index (χ0n) is 12.6. The second-order valence-electron chi connectivity index (χ2n) is 4.86. The minimum absolute atomic E-state index is 0.0505. The fourth-order valence-corrected chi connectivity index (χ4v) is 2.09. The normalized spacial score (nSPS) is 10.5. The SMILES string of the molecule is COCC(=O)COC(=O)Cc1ccc2cc(OC)ccc2c1. The molecule has 0 aromatic heterocycles. The number of benzene rings is 2. The summed E-state index contributed by atoms with van der Waals surface area (Å²) in [5.41, 5.74) is 0.835. The van der Waals surface area contributed by atoms with Crippen LogP contribution >= 0.6 is 0 Å². The second-order valence-corrected chi connectivity index (χ2v) is 4.86. The number of carbonyl (C=O) groups excluding carboxylic acids is 2. The summed E-state index contributed by atoms with van der Waals surface area (Å²) in [6.45, 7) is -0.303. The molecule has 0 spiro atoms. The highest BCUT2D eigenvalue weighted by molar-refractivity contribution is 5.86. The summed E-state index contributed by atoms with van der Waals surface area (Å²) in [7, 11) is 3.04. The van der Waals surface area contributed by atoms with Crippen LogP contribution in [0.4, 0.5) is 0 Å². The van der Waals surface area contributed by atoms with Crippen molar-refractivity contribution in [2.45, 2.75) is 6.42 Å². The van der Waals surface area contributed by atoms with Crippen molar-refractivity contribution < 1.29 is 23.8 Å². The number of fused-ring (bicyclic) bond motifs is 1. The van der Waals surface area contributed by atoms with Gasteiger partial charge in [-0.2, -0.15) is 0 Å². The standard InChI is InChI=1S/C17H18O5/c1-20-10-15(18)11-22-17(19)8-12-3-4-14-9-16(21-2)6-5-13(14)7-12/h3-7,9H,8,10-11H2,1-2H3. The summed E-state index contributed by atoms with van der Waals surface area (Å²) >= 11 is 0. The molecule has 116 valence electrons. The van der Waals surface area contributed by atoms with E-state index in [0.717, 1.165) is 22.1 Å². The number of ether oxygens (including phenoxy) is 3. The molecule has 0 aliphatic heterocycles. The van der Waals surface area contributed by atoms with Gasteiger partial charge in [0.15, 0.2) is 12.4 Å². The third-order valence-electron chi connectivity index (χ3n) is 3.16. The summed E-state index contributed by atoms with van der Waals surface area (Å²) < 4.78 is 14.8. The van der Waals surface area contributed by atoms with E-state index < -0.39 is 5.97 Å². The summed E-state index contributed by atoms with van der Waals surface area (Å²) in [4.78, 5) is 22.9. The van der Waals surface area contributed by atoms with Gasteiger partial charge in [-0.05, 0) is 28.5 Å². The van der Waals surface area contributed by atoms with Gasteiger partial charge in [0.25, 0.3) is 0 Å². The Morgan fingerprint density at radius 2 is 1.68 bits per heavy atom. The first-order valence-corrected chi connectivity index (χ1v) is 6.85. The number of carbonyl (C=O) groups is 2. The lowest BCUT2D eigenvalue weighted by molar-refractivity contribution is -0.148. The predicted molar refractivity (Wildman–Crippen MR) is 82.0 cm³/mol. The molecule has 5 nitrogen and oxygen atoms in total. The Hall–Kier alpha value is -2.40. The first kappa shape index (κ1) is 16.0. The molecule has 0 atom stereocenters. The van der Waals surface area contributed by atoms with Crippen LogP contribution in [0, 0.1) is 0 Å². The predicted octanol–water partition coefficient (Wildman–Crippen LogP) is 2.15. The maximum atomic E-state index is 11.7. The number of ketones is 1. The van der Waals surface area contributed by atoms with Crippen molar-refractivity contribution in [2.24, 2.45) is 0 Å². The van der Waals surface area contributed by atoms with E-state index in [9.17, 15) is 9.59 Å². The number of hydrogen-bond donors (Lipinski definition) is 0. The van der Waals surface area contributed by atoms with Gasteiger partial charge in [0.05, 0.1) is 13.5 Å². The van der Waals surface area contributed by atoms with Gasteiger partial charge in [0.2, 0.25) is 0 Å². The smallest absolute Gasteiger partial charge is 0.310 e. The molecule has 2 aromatic rings. The first-order valence-electron chi connectivity index (χ1n) is 6.85. The zero-order chi connectivity index (χ0) is 15.9. The average Bonchev–Trinajstić information content (AvgIpc) is 2.52. The van der Waals surface area contributed by atoms with Crippen LogP contribution in [-0.2, 0) is 25.5 Å². The molecule has 0 N–H and O–H groups in total. The molecular weight excluding hydrogens is 284 g/mol. The zero-order valence-corrected chi connectivity index (χ0v) is 12.6. The van der Waals surface area contributed by atoms with E-state index in [0.29, 0.717) is 0 Å². The molecule has 22 heavy (non-hydrogen) atoms. The number of hydrogen-bond acceptors (Lipinski definition) is 5. The molecule has 0 saturated heterocycles. The van der Waals surface area contributed by atoms with Crippen molar-refractivity contribution in [3.05, 3.63) is 42.0 Å². The molecule has 0 saturated carbocycles. The average molecular weight is 302 g/mol. The van der Waals surface area contributed by atoms with Crippen LogP contribution in [0.3, 0.4) is 0 Å². The van der Waals surface area contributed by atoms with Gasteiger partial charge in [-0.1, -0.05) is 24.3 Å². The third-order valence-corrected chi connectivity index (χ3v) is 3.16. The van der Waals surface area contributed by atoms with E-state index in [1.807, 2.05) is 36.4 Å². The van der Waals surface area contributed by atoms with E-state index in [4.69, 9.17) is 9.47 Å². The summed E-state index contributed by atoms with van der Waals surface area (Å²) in [6.07, 6.45) is 0.127. The third kappa shape index (κ3) is 4.30. The van der Waals surface area contributed by atoms with E-state index in [2.05, 4.69) is 4.74 Å². The Morgan fingerprint density at radius 3 is 2.41 bits per heavy atom. The fraction of sp³-hybridized carbons (Fsp3) is 0.294. The lowest BCUT2D eigenvalue weighted by Crippen LogP contribution is -2.18. The number of methoxy groups -OCH3 is 2. The Balaban J connectivity index is 1.99. The van der Waals surface area contributed by atoms with E-state index in [1.165, 1.54) is 7.11 Å². The van der Waals surface area contributed by atoms with Crippen molar-refractivity contribution >= 4 is 22.5 Å². The molecule has 0 unspecified atom stereocenters. The Kier molecular flexibility index (Phi) is 5.49. The van der Waals surface area contributed by atoms with Gasteiger partial charge in [-0.25, -0.2) is 0 Å². The van der Waals surface area contributed by atoms with E-state index >= 15 is 0 Å². The molecule has 2 rings (SSSR count). The number of Topliss-reactive ketones (excluding diaryl/α,β-unsaturated/α-hetero) is 1. The van der Waals surface area contributed by atoms with Crippen molar-refractivity contribution in [2.75, 3.05) is 27.4 Å². The fourth-order valence-electron chi connectivity index (χ4n) is 2.09. The Labute approximate surface area is 128 Å². The highest BCUT2D eigenvalue weighted by Crippen LogP contribution is 2.22. The molecular formula is C17H18O5. The second kappa shape index (κ2) is 7.56. The van der Waals surface area contributed by atoms with Crippen molar-refractivity contribution in [1.82, 2.24) is 0 Å². The van der Waals surface area contributed by atoms with Crippen molar-refractivity contribution in [3.63, 3.8) is 0 Å². The van der Waals surface area contributed by atoms with Crippen LogP contribution in [-0.4, -0.2) is 39.2 Å². The van der Waals surface area contributed by atoms with E-state index in [-0.39, 0.29) is 25.4 Å². The van der Waals surface area contributed by atoms with Gasteiger partial charge >= 0.3 is 5.97 Å². The van der Waals surface area contributed by atoms with Crippen LogP contribution in [0.15, 0.2) is 36.4 Å². The maximum absolute atomic E-state index is 11.7. The molecule has 5 heteroatoms. The van der Waals surface area contributed by atoms with E-state index in [1.54, 1.807) is 7.11 Å². The molecule has 0 amide bonds. The van der Waals surface area contributed by atoms with Crippen LogP contribution in [0.5, 0.6) is 5.75 Å². The molecule has 0 radical (unpaired) electrons. The topological polar surface area (TPSA) is 61.8 Å². The van der Waals surface area contributed by atoms with Crippen LogP contribution in [0.25, 0.3) is 10.8 Å². The quantitative estimate of drug-likeness (QED) is 0.733. The van der Waals surface area contributed by atoms with Crippen molar-refractivity contribution in [3.8, 4) is 5.75 Å². The van der Waals surface area contributed by atoms with Crippen LogP contribution < -0.4 is 4.74 Å². The molecule has 0 aliphatic rings. The molecule has 2 aromatic carbocycles. The monoisotopic (exact) mass is 302 g/mol. The summed E-state index contributed by atoms with van der Waals surface area (Å²) in [5.74, 6) is 0.0927. The number of esters is 1. The molecule has 0 aliphatic carbocycles. The lowest BCUT2D eigenvalue weighted by Gasteiger charge is -2.06. The lowest BCUT2D eigenvalue weighted by atomic mass is 10.0. The van der Waals surface area contributed by atoms with Crippen molar-refractivity contribution in [1.29, 1.82) is 0 Å². The van der Waals surface area contributed by atoms with Gasteiger partial charge in [0, 0.05) is 7.11 Å². The molecule has 0 bridgehead atoms. The maximum Gasteiger partial charge on any atom is 0.310 e. The molecule has 0 heterocycles. The van der Waals surface area contributed by atoms with Gasteiger partial charge in [-0.15, -0.1) is 0 Å². The minimum atomic E-state index is -0.433.